The summed E-state index contributed by atoms with van der Waals surface area (Å²) in [5.41, 5.74) is -0.278. The van der Waals surface area contributed by atoms with Crippen molar-refractivity contribution in [3.8, 4) is 0 Å². The van der Waals surface area contributed by atoms with E-state index >= 15 is 0 Å². The Hall–Kier alpha value is -0.570. The molecule has 0 aromatic heterocycles. The summed E-state index contributed by atoms with van der Waals surface area (Å²) in [7, 11) is 0. The molecule has 2 rings (SSSR count). The topological polar surface area (TPSA) is 49.3 Å². The second-order valence-corrected chi connectivity index (χ2v) is 4.95. The molecule has 0 aromatic carbocycles. The Morgan fingerprint density at radius 2 is 2.07 bits per heavy atom. The minimum absolute atomic E-state index is 0.0971. The van der Waals surface area contributed by atoms with Gasteiger partial charge in [-0.25, -0.2) is 0 Å². The van der Waals surface area contributed by atoms with E-state index in [0.29, 0.717) is 5.92 Å². The molecule has 0 radical (unpaired) electrons. The van der Waals surface area contributed by atoms with Gasteiger partial charge in [0.25, 0.3) is 0 Å². The number of hydrogen-bond acceptors (Lipinski definition) is 2. The van der Waals surface area contributed by atoms with Gasteiger partial charge in [0.05, 0.1) is 12.1 Å². The molecule has 0 aromatic rings. The summed E-state index contributed by atoms with van der Waals surface area (Å²) in [6, 6.07) is 0. The van der Waals surface area contributed by atoms with Gasteiger partial charge in [0, 0.05) is 5.92 Å². The number of aliphatic hydroxyl groups is 1. The molecule has 2 atom stereocenters. The van der Waals surface area contributed by atoms with Gasteiger partial charge in [0.2, 0.25) is 5.91 Å². The SMILES string of the molecule is CC1CC1C(=O)NC1(CO)CCCC1. The van der Waals surface area contributed by atoms with E-state index in [1.807, 2.05) is 0 Å². The average Bonchev–Trinajstić information content (AvgIpc) is 2.74. The van der Waals surface area contributed by atoms with E-state index in [2.05, 4.69) is 12.2 Å². The van der Waals surface area contributed by atoms with Crippen molar-refractivity contribution in [2.24, 2.45) is 11.8 Å². The molecular formula is C11H19NO2. The van der Waals surface area contributed by atoms with Crippen LogP contribution < -0.4 is 5.32 Å². The van der Waals surface area contributed by atoms with Crippen LogP contribution in [-0.4, -0.2) is 23.2 Å². The molecule has 0 saturated heterocycles. The average molecular weight is 197 g/mol. The number of carbonyl (C=O) groups is 1. The molecular weight excluding hydrogens is 178 g/mol. The van der Waals surface area contributed by atoms with Crippen LogP contribution in [0.3, 0.4) is 0 Å². The number of carbonyl (C=O) groups excluding carboxylic acids is 1. The number of amides is 1. The van der Waals surface area contributed by atoms with Crippen LogP contribution in [0.5, 0.6) is 0 Å². The van der Waals surface area contributed by atoms with Gasteiger partial charge in [-0.3, -0.25) is 4.79 Å². The first kappa shape index (κ1) is 9.97. The standard InChI is InChI=1S/C11H19NO2/c1-8-6-9(8)10(14)12-11(7-13)4-2-3-5-11/h8-9,13H,2-7H2,1H3,(H,12,14). The lowest BCUT2D eigenvalue weighted by Crippen LogP contribution is -2.49. The molecule has 14 heavy (non-hydrogen) atoms. The molecule has 2 saturated carbocycles. The molecule has 0 heterocycles. The molecule has 3 nitrogen and oxygen atoms in total. The Morgan fingerprint density at radius 3 is 2.50 bits per heavy atom. The Bertz CT molecular complexity index is 233. The lowest BCUT2D eigenvalue weighted by atomic mass is 9.98. The maximum atomic E-state index is 11.7. The van der Waals surface area contributed by atoms with E-state index in [-0.39, 0.29) is 24.0 Å². The molecule has 80 valence electrons. The second-order valence-electron chi connectivity index (χ2n) is 4.95. The summed E-state index contributed by atoms with van der Waals surface area (Å²) in [4.78, 5) is 11.7. The van der Waals surface area contributed by atoms with Crippen molar-refractivity contribution in [3.05, 3.63) is 0 Å². The van der Waals surface area contributed by atoms with Crippen LogP contribution in [0.15, 0.2) is 0 Å². The van der Waals surface area contributed by atoms with E-state index < -0.39 is 0 Å². The van der Waals surface area contributed by atoms with E-state index in [1.54, 1.807) is 0 Å². The molecule has 2 unspecified atom stereocenters. The number of rotatable bonds is 3. The van der Waals surface area contributed by atoms with Crippen molar-refractivity contribution in [1.82, 2.24) is 5.32 Å². The van der Waals surface area contributed by atoms with Crippen LogP contribution in [-0.2, 0) is 4.79 Å². The molecule has 0 bridgehead atoms. The third-order valence-corrected chi connectivity index (χ3v) is 3.70. The van der Waals surface area contributed by atoms with Crippen molar-refractivity contribution in [1.29, 1.82) is 0 Å². The minimum atomic E-state index is -0.278. The van der Waals surface area contributed by atoms with Crippen LogP contribution in [0.1, 0.15) is 39.0 Å². The largest absolute Gasteiger partial charge is 0.394 e. The van der Waals surface area contributed by atoms with Gasteiger partial charge in [-0.2, -0.15) is 0 Å². The molecule has 3 heteroatoms. The van der Waals surface area contributed by atoms with Crippen LogP contribution >= 0.6 is 0 Å². The zero-order chi connectivity index (χ0) is 10.2. The normalized spacial score (nSPS) is 34.1. The summed E-state index contributed by atoms with van der Waals surface area (Å²) >= 11 is 0. The lowest BCUT2D eigenvalue weighted by Gasteiger charge is -2.28. The van der Waals surface area contributed by atoms with Gasteiger partial charge < -0.3 is 10.4 Å². The monoisotopic (exact) mass is 197 g/mol. The van der Waals surface area contributed by atoms with Crippen LogP contribution in [0.25, 0.3) is 0 Å². The number of hydrogen-bond donors (Lipinski definition) is 2. The zero-order valence-corrected chi connectivity index (χ0v) is 8.75. The fourth-order valence-corrected chi connectivity index (χ4v) is 2.42. The minimum Gasteiger partial charge on any atom is -0.394 e. The van der Waals surface area contributed by atoms with Crippen molar-refractivity contribution in [3.63, 3.8) is 0 Å². The predicted molar refractivity (Wildman–Crippen MR) is 53.7 cm³/mol. The molecule has 2 aliphatic carbocycles. The summed E-state index contributed by atoms with van der Waals surface area (Å²) in [6.07, 6.45) is 5.15. The summed E-state index contributed by atoms with van der Waals surface area (Å²) in [6.45, 7) is 2.20. The van der Waals surface area contributed by atoms with Crippen LogP contribution in [0, 0.1) is 11.8 Å². The van der Waals surface area contributed by atoms with Crippen molar-refractivity contribution in [2.45, 2.75) is 44.6 Å². The molecule has 2 fully saturated rings. The highest BCUT2D eigenvalue weighted by Crippen LogP contribution is 2.39. The van der Waals surface area contributed by atoms with Crippen molar-refractivity contribution < 1.29 is 9.90 Å². The maximum absolute atomic E-state index is 11.7. The highest BCUT2D eigenvalue weighted by atomic mass is 16.3. The smallest absolute Gasteiger partial charge is 0.223 e. The molecule has 2 aliphatic rings. The van der Waals surface area contributed by atoms with E-state index in [9.17, 15) is 9.90 Å². The highest BCUT2D eigenvalue weighted by Gasteiger charge is 2.43. The number of nitrogens with one attached hydrogen (secondary N) is 1. The predicted octanol–water partition coefficient (Wildman–Crippen LogP) is 1.06. The van der Waals surface area contributed by atoms with Crippen molar-refractivity contribution in [2.75, 3.05) is 6.61 Å². The van der Waals surface area contributed by atoms with Crippen molar-refractivity contribution >= 4 is 5.91 Å². The molecule has 1 amide bonds. The van der Waals surface area contributed by atoms with Crippen LogP contribution in [0.4, 0.5) is 0 Å². The van der Waals surface area contributed by atoms with E-state index in [0.717, 1.165) is 32.1 Å². The first-order valence-corrected chi connectivity index (χ1v) is 5.60. The molecule has 0 spiro atoms. The van der Waals surface area contributed by atoms with E-state index in [4.69, 9.17) is 0 Å². The van der Waals surface area contributed by atoms with Gasteiger partial charge in [0.1, 0.15) is 0 Å². The Labute approximate surface area is 84.9 Å². The Kier molecular flexibility index (Phi) is 2.52. The quantitative estimate of drug-likeness (QED) is 0.711. The third kappa shape index (κ3) is 1.78. The summed E-state index contributed by atoms with van der Waals surface area (Å²) in [5, 5.41) is 12.4. The molecule has 2 N–H and O–H groups in total. The second kappa shape index (κ2) is 3.54. The molecule has 0 aliphatic heterocycles. The first-order chi connectivity index (χ1) is 6.67. The fourth-order valence-electron chi connectivity index (χ4n) is 2.42. The highest BCUT2D eigenvalue weighted by molar-refractivity contribution is 5.82. The van der Waals surface area contributed by atoms with Gasteiger partial charge >= 0.3 is 0 Å². The number of aliphatic hydroxyl groups excluding tert-OH is 1. The third-order valence-electron chi connectivity index (χ3n) is 3.70. The fraction of sp³-hybridized carbons (Fsp3) is 0.909. The lowest BCUT2D eigenvalue weighted by molar-refractivity contribution is -0.125. The van der Waals surface area contributed by atoms with Gasteiger partial charge in [-0.1, -0.05) is 19.8 Å². The summed E-state index contributed by atoms with van der Waals surface area (Å²) < 4.78 is 0. The zero-order valence-electron chi connectivity index (χ0n) is 8.75. The van der Waals surface area contributed by atoms with Gasteiger partial charge in [-0.05, 0) is 25.2 Å². The first-order valence-electron chi connectivity index (χ1n) is 5.60. The van der Waals surface area contributed by atoms with Gasteiger partial charge in [0.15, 0.2) is 0 Å². The van der Waals surface area contributed by atoms with Gasteiger partial charge in [-0.15, -0.1) is 0 Å². The summed E-state index contributed by atoms with van der Waals surface area (Å²) in [5.74, 6) is 0.930. The van der Waals surface area contributed by atoms with E-state index in [1.165, 1.54) is 0 Å². The Balaban J connectivity index is 1.91. The maximum Gasteiger partial charge on any atom is 0.223 e. The van der Waals surface area contributed by atoms with Crippen LogP contribution in [0.2, 0.25) is 0 Å². The Morgan fingerprint density at radius 1 is 1.50 bits per heavy atom.